The molecule has 1 amide bonds. The molecule has 0 aliphatic carbocycles. The maximum Gasteiger partial charge on any atom is 0.268 e. The molecule has 1 N–H and O–H groups in total. The van der Waals surface area contributed by atoms with E-state index in [-0.39, 0.29) is 5.57 Å². The van der Waals surface area contributed by atoms with E-state index in [1.807, 2.05) is 48.7 Å². The van der Waals surface area contributed by atoms with E-state index in [4.69, 9.17) is 16.0 Å². The zero-order valence-electron chi connectivity index (χ0n) is 14.2. The number of benzene rings is 1. The second kappa shape index (κ2) is 8.91. The summed E-state index contributed by atoms with van der Waals surface area (Å²) in [5.41, 5.74) is 1.88. The van der Waals surface area contributed by atoms with Gasteiger partial charge in [-0.3, -0.25) is 10.1 Å². The molecule has 3 aromatic rings. The van der Waals surface area contributed by atoms with Gasteiger partial charge in [-0.2, -0.15) is 5.26 Å². The average molecular weight is 416 g/mol. The van der Waals surface area contributed by atoms with Crippen LogP contribution in [0.1, 0.15) is 17.0 Å². The molecule has 136 valence electrons. The van der Waals surface area contributed by atoms with Crippen LogP contribution in [0.3, 0.4) is 0 Å². The minimum absolute atomic E-state index is 0.0496. The van der Waals surface area contributed by atoms with Gasteiger partial charge in [0.15, 0.2) is 10.2 Å². The zero-order valence-corrected chi connectivity index (χ0v) is 16.6. The molecule has 5 nitrogen and oxygen atoms in total. The van der Waals surface area contributed by atoms with Crippen LogP contribution in [0.5, 0.6) is 0 Å². The number of rotatable bonds is 6. The van der Waals surface area contributed by atoms with Gasteiger partial charge >= 0.3 is 0 Å². The van der Waals surface area contributed by atoms with Gasteiger partial charge in [0.2, 0.25) is 0 Å². The smallest absolute Gasteiger partial charge is 0.268 e. The average Bonchev–Trinajstić information content (AvgIpc) is 3.27. The summed E-state index contributed by atoms with van der Waals surface area (Å²) in [6.07, 6.45) is 1.42. The van der Waals surface area contributed by atoms with Crippen molar-refractivity contribution in [3.05, 3.63) is 69.4 Å². The van der Waals surface area contributed by atoms with E-state index >= 15 is 0 Å². The molecule has 0 aliphatic rings. The fourth-order valence-corrected chi connectivity index (χ4v) is 3.72. The number of furan rings is 1. The van der Waals surface area contributed by atoms with E-state index in [1.165, 1.54) is 29.2 Å². The lowest BCUT2D eigenvalue weighted by Crippen LogP contribution is -2.13. The second-order valence-electron chi connectivity index (χ2n) is 5.49. The highest BCUT2D eigenvalue weighted by atomic mass is 35.5. The Labute approximate surface area is 169 Å². The molecule has 3 rings (SSSR count). The Morgan fingerprint density at radius 2 is 2.15 bits per heavy atom. The number of aryl methyl sites for hydroxylation is 1. The summed E-state index contributed by atoms with van der Waals surface area (Å²) in [4.78, 5) is 16.4. The Hall–Kier alpha value is -2.53. The zero-order chi connectivity index (χ0) is 19.2. The number of thioether (sulfide) groups is 1. The van der Waals surface area contributed by atoms with Crippen molar-refractivity contribution < 1.29 is 9.21 Å². The lowest BCUT2D eigenvalue weighted by molar-refractivity contribution is -0.112. The highest BCUT2D eigenvalue weighted by Gasteiger charge is 2.12. The molecule has 0 atom stereocenters. The first kappa shape index (κ1) is 19.2. The minimum Gasteiger partial charge on any atom is -0.450 e. The molecular weight excluding hydrogens is 402 g/mol. The number of anilines is 1. The number of nitrogens with one attached hydrogen (secondary N) is 1. The first-order valence-electron chi connectivity index (χ1n) is 7.86. The summed E-state index contributed by atoms with van der Waals surface area (Å²) in [5, 5.41) is 15.6. The monoisotopic (exact) mass is 415 g/mol. The largest absolute Gasteiger partial charge is 0.450 e. The summed E-state index contributed by atoms with van der Waals surface area (Å²) in [6, 6.07) is 13.0. The van der Waals surface area contributed by atoms with Crippen molar-refractivity contribution in [2.75, 3.05) is 5.32 Å². The fourth-order valence-electron chi connectivity index (χ4n) is 2.09. The summed E-state index contributed by atoms with van der Waals surface area (Å²) < 4.78 is 5.68. The molecule has 0 fully saturated rings. The van der Waals surface area contributed by atoms with Crippen molar-refractivity contribution in [1.82, 2.24) is 4.98 Å². The maximum absolute atomic E-state index is 12.2. The summed E-state index contributed by atoms with van der Waals surface area (Å²) in [5.74, 6) is 0.650. The molecule has 2 aromatic heterocycles. The van der Waals surface area contributed by atoms with Gasteiger partial charge in [0.1, 0.15) is 17.4 Å². The molecule has 0 spiro atoms. The summed E-state index contributed by atoms with van der Waals surface area (Å²) in [6.45, 7) is 1.83. The molecule has 0 aliphatic heterocycles. The van der Waals surface area contributed by atoms with Crippen LogP contribution in [-0.4, -0.2) is 10.9 Å². The van der Waals surface area contributed by atoms with Crippen molar-refractivity contribution in [2.45, 2.75) is 17.8 Å². The first-order chi connectivity index (χ1) is 13.0. The van der Waals surface area contributed by atoms with Crippen molar-refractivity contribution in [3.8, 4) is 6.07 Å². The van der Waals surface area contributed by atoms with Crippen molar-refractivity contribution in [2.24, 2.45) is 0 Å². The molecule has 0 saturated carbocycles. The third-order valence-corrected chi connectivity index (χ3v) is 5.50. The van der Waals surface area contributed by atoms with E-state index in [0.717, 1.165) is 17.0 Å². The van der Waals surface area contributed by atoms with E-state index in [1.54, 1.807) is 6.07 Å². The number of hydrogen-bond acceptors (Lipinski definition) is 6. The molecule has 8 heteroatoms. The standard InChI is InChI=1S/C19H14ClN3O2S2/c1-12-10-27-19(22-12)23-18(24)14(9-21)8-16-6-7-17(25-16)26-11-13-2-4-15(20)5-3-13/h2-8,10H,11H2,1H3,(H,22,23,24)/b14-8-. The van der Waals surface area contributed by atoms with Gasteiger partial charge < -0.3 is 4.42 Å². The number of halogens is 1. The van der Waals surface area contributed by atoms with Gasteiger partial charge in [-0.25, -0.2) is 4.98 Å². The Kier molecular flexibility index (Phi) is 6.35. The Morgan fingerprint density at radius 1 is 1.37 bits per heavy atom. The van der Waals surface area contributed by atoms with Gasteiger partial charge in [-0.1, -0.05) is 35.5 Å². The lowest BCUT2D eigenvalue weighted by Gasteiger charge is -2.00. The molecule has 0 unspecified atom stereocenters. The third-order valence-electron chi connectivity index (χ3n) is 3.39. The van der Waals surface area contributed by atoms with E-state index < -0.39 is 5.91 Å². The third kappa shape index (κ3) is 5.47. The number of carbonyl (C=O) groups is 1. The second-order valence-corrected chi connectivity index (χ2v) is 7.76. The van der Waals surface area contributed by atoms with Crippen LogP contribution in [0.4, 0.5) is 5.13 Å². The SMILES string of the molecule is Cc1csc(NC(=O)/C(C#N)=C\c2ccc(SCc3ccc(Cl)cc3)o2)n1. The molecule has 0 bridgehead atoms. The Morgan fingerprint density at radius 3 is 2.81 bits per heavy atom. The van der Waals surface area contributed by atoms with Crippen molar-refractivity contribution in [1.29, 1.82) is 5.26 Å². The highest BCUT2D eigenvalue weighted by Crippen LogP contribution is 2.26. The molecule has 0 saturated heterocycles. The van der Waals surface area contributed by atoms with Crippen LogP contribution in [0.25, 0.3) is 6.08 Å². The minimum atomic E-state index is -0.515. The number of nitriles is 1. The van der Waals surface area contributed by atoms with Gasteiger partial charge in [-0.15, -0.1) is 11.3 Å². The van der Waals surface area contributed by atoms with E-state index in [0.29, 0.717) is 21.0 Å². The molecular formula is C19H14ClN3O2S2. The number of aromatic nitrogens is 1. The maximum atomic E-state index is 12.2. The van der Waals surface area contributed by atoms with Crippen LogP contribution >= 0.6 is 34.7 Å². The van der Waals surface area contributed by atoms with Crippen molar-refractivity contribution in [3.63, 3.8) is 0 Å². The highest BCUT2D eigenvalue weighted by molar-refractivity contribution is 7.98. The first-order valence-corrected chi connectivity index (χ1v) is 10.1. The van der Waals surface area contributed by atoms with E-state index in [9.17, 15) is 10.1 Å². The number of carbonyl (C=O) groups excluding carboxylic acids is 1. The van der Waals surface area contributed by atoms with Gasteiger partial charge in [0.25, 0.3) is 5.91 Å². The fraction of sp³-hybridized carbons (Fsp3) is 0.105. The predicted octanol–water partition coefficient (Wildman–Crippen LogP) is 5.54. The molecule has 1 aromatic carbocycles. The predicted molar refractivity (Wildman–Crippen MR) is 109 cm³/mol. The quantitative estimate of drug-likeness (QED) is 0.325. The molecule has 2 heterocycles. The number of nitrogens with zero attached hydrogens (tertiary/aromatic N) is 2. The Bertz CT molecular complexity index is 1020. The number of hydrogen-bond donors (Lipinski definition) is 1. The number of amides is 1. The van der Waals surface area contributed by atoms with Gasteiger partial charge in [-0.05, 0) is 36.8 Å². The van der Waals surface area contributed by atoms with Gasteiger partial charge in [0.05, 0.1) is 5.69 Å². The topological polar surface area (TPSA) is 78.9 Å². The summed E-state index contributed by atoms with van der Waals surface area (Å²) in [7, 11) is 0. The molecule has 0 radical (unpaired) electrons. The van der Waals surface area contributed by atoms with E-state index in [2.05, 4.69) is 10.3 Å². The van der Waals surface area contributed by atoms with Crippen LogP contribution < -0.4 is 5.32 Å². The van der Waals surface area contributed by atoms with Crippen molar-refractivity contribution >= 4 is 51.8 Å². The lowest BCUT2D eigenvalue weighted by atomic mass is 10.2. The number of thiazole rings is 1. The van der Waals surface area contributed by atoms with Crippen LogP contribution in [0.2, 0.25) is 5.02 Å². The Balaban J connectivity index is 1.64. The normalized spacial score (nSPS) is 11.2. The van der Waals surface area contributed by atoms with Crippen LogP contribution in [0, 0.1) is 18.3 Å². The molecule has 27 heavy (non-hydrogen) atoms. The van der Waals surface area contributed by atoms with Gasteiger partial charge in [0, 0.05) is 22.2 Å². The van der Waals surface area contributed by atoms with Crippen LogP contribution in [0.15, 0.2) is 56.9 Å². The van der Waals surface area contributed by atoms with Crippen LogP contribution in [-0.2, 0) is 10.5 Å². The summed E-state index contributed by atoms with van der Waals surface area (Å²) >= 11 is 8.70.